The maximum Gasteiger partial charge on any atom is 0.250 e. The highest BCUT2D eigenvalue weighted by Crippen LogP contribution is 2.24. The molecule has 1 atom stereocenters. The van der Waals surface area contributed by atoms with Crippen molar-refractivity contribution in [1.29, 1.82) is 0 Å². The smallest absolute Gasteiger partial charge is 0.250 e. The molecule has 1 amide bonds. The van der Waals surface area contributed by atoms with Crippen molar-refractivity contribution in [3.63, 3.8) is 0 Å². The van der Waals surface area contributed by atoms with Crippen LogP contribution < -0.4 is 16.2 Å². The van der Waals surface area contributed by atoms with Crippen LogP contribution in [0.5, 0.6) is 5.75 Å². The molecule has 2 aromatic rings. The van der Waals surface area contributed by atoms with Crippen molar-refractivity contribution in [2.24, 2.45) is 5.73 Å². The van der Waals surface area contributed by atoms with Crippen LogP contribution in [0.25, 0.3) is 0 Å². The van der Waals surface area contributed by atoms with Gasteiger partial charge in [0, 0.05) is 5.69 Å². The number of carbonyl (C=O) groups is 1. The van der Waals surface area contributed by atoms with Crippen LogP contribution >= 0.6 is 0 Å². The summed E-state index contributed by atoms with van der Waals surface area (Å²) in [6.45, 7) is 1.94. The second kappa shape index (κ2) is 5.44. The Kier molecular flexibility index (Phi) is 3.71. The minimum atomic E-state index is -0.560. The van der Waals surface area contributed by atoms with E-state index in [2.05, 4.69) is 0 Å². The third-order valence-corrected chi connectivity index (χ3v) is 2.87. The lowest BCUT2D eigenvalue weighted by Crippen LogP contribution is -2.14. The van der Waals surface area contributed by atoms with Crippen LogP contribution in [-0.4, -0.2) is 5.91 Å². The second-order valence-electron chi connectivity index (χ2n) is 4.28. The van der Waals surface area contributed by atoms with Gasteiger partial charge in [0.05, 0.1) is 5.56 Å². The van der Waals surface area contributed by atoms with Crippen molar-refractivity contribution in [3.05, 3.63) is 59.7 Å². The lowest BCUT2D eigenvalue weighted by atomic mass is 10.1. The lowest BCUT2D eigenvalue weighted by molar-refractivity contribution is 0.100. The number of nitrogens with two attached hydrogens (primary N) is 2. The number of amides is 1. The molecule has 0 aromatic heterocycles. The molecule has 19 heavy (non-hydrogen) atoms. The molecular weight excluding hydrogens is 240 g/mol. The number of nitrogen functional groups attached to an aromatic ring is 1. The molecular formula is C15H16N2O2. The molecule has 0 aliphatic rings. The number of rotatable bonds is 4. The molecule has 2 rings (SSSR count). The molecule has 0 saturated heterocycles. The van der Waals surface area contributed by atoms with Crippen molar-refractivity contribution in [2.45, 2.75) is 13.0 Å². The fourth-order valence-electron chi connectivity index (χ4n) is 1.82. The summed E-state index contributed by atoms with van der Waals surface area (Å²) in [5.41, 5.74) is 12.6. The van der Waals surface area contributed by atoms with E-state index in [1.54, 1.807) is 18.2 Å². The Bertz CT molecular complexity index is 582. The minimum absolute atomic E-state index is 0.120. The largest absolute Gasteiger partial charge is 0.486 e. The first kappa shape index (κ1) is 13.0. The van der Waals surface area contributed by atoms with Crippen molar-refractivity contribution in [3.8, 4) is 5.75 Å². The molecule has 98 valence electrons. The van der Waals surface area contributed by atoms with Gasteiger partial charge >= 0.3 is 0 Å². The molecule has 4 nitrogen and oxygen atoms in total. The van der Waals surface area contributed by atoms with Gasteiger partial charge in [0.15, 0.2) is 0 Å². The van der Waals surface area contributed by atoms with Gasteiger partial charge in [-0.15, -0.1) is 0 Å². The SMILES string of the molecule is CC(Oc1ccc(N)c(C(N)=O)c1)c1ccccc1. The Morgan fingerprint density at radius 1 is 1.16 bits per heavy atom. The highest BCUT2D eigenvalue weighted by molar-refractivity contribution is 5.98. The molecule has 4 heteroatoms. The van der Waals surface area contributed by atoms with Gasteiger partial charge in [0.2, 0.25) is 0 Å². The summed E-state index contributed by atoms with van der Waals surface area (Å²) in [6, 6.07) is 14.7. The van der Waals surface area contributed by atoms with Crippen molar-refractivity contribution in [1.82, 2.24) is 0 Å². The van der Waals surface area contributed by atoms with E-state index in [9.17, 15) is 4.79 Å². The topological polar surface area (TPSA) is 78.3 Å². The number of primary amides is 1. The van der Waals surface area contributed by atoms with Crippen molar-refractivity contribution < 1.29 is 9.53 Å². The highest BCUT2D eigenvalue weighted by Gasteiger charge is 2.10. The van der Waals surface area contributed by atoms with Gasteiger partial charge < -0.3 is 16.2 Å². The predicted octanol–water partition coefficient (Wildman–Crippen LogP) is 2.51. The number of anilines is 1. The zero-order chi connectivity index (χ0) is 13.8. The van der Waals surface area contributed by atoms with Gasteiger partial charge in [-0.3, -0.25) is 4.79 Å². The zero-order valence-corrected chi connectivity index (χ0v) is 10.7. The molecule has 2 aromatic carbocycles. The van der Waals surface area contributed by atoms with Gasteiger partial charge in [-0.05, 0) is 30.7 Å². The van der Waals surface area contributed by atoms with Gasteiger partial charge in [-0.1, -0.05) is 30.3 Å². The molecule has 0 aliphatic carbocycles. The predicted molar refractivity (Wildman–Crippen MR) is 74.9 cm³/mol. The molecule has 0 bridgehead atoms. The third kappa shape index (κ3) is 3.04. The molecule has 1 unspecified atom stereocenters. The summed E-state index contributed by atoms with van der Waals surface area (Å²) in [5, 5.41) is 0. The molecule has 0 fully saturated rings. The van der Waals surface area contributed by atoms with Crippen LogP contribution in [0.3, 0.4) is 0 Å². The Morgan fingerprint density at radius 2 is 1.84 bits per heavy atom. The summed E-state index contributed by atoms with van der Waals surface area (Å²) in [7, 11) is 0. The first-order valence-electron chi connectivity index (χ1n) is 5.99. The van der Waals surface area contributed by atoms with E-state index in [1.165, 1.54) is 0 Å². The van der Waals surface area contributed by atoms with Crippen LogP contribution in [-0.2, 0) is 0 Å². The first-order chi connectivity index (χ1) is 9.08. The van der Waals surface area contributed by atoms with Gasteiger partial charge in [-0.25, -0.2) is 0 Å². The summed E-state index contributed by atoms with van der Waals surface area (Å²) in [4.78, 5) is 11.2. The van der Waals surface area contributed by atoms with Crippen LogP contribution in [0.4, 0.5) is 5.69 Å². The van der Waals surface area contributed by atoms with Crippen LogP contribution in [0.1, 0.15) is 28.9 Å². The number of ether oxygens (including phenoxy) is 1. The van der Waals surface area contributed by atoms with E-state index in [4.69, 9.17) is 16.2 Å². The summed E-state index contributed by atoms with van der Waals surface area (Å²) in [5.74, 6) is 0.00895. The zero-order valence-electron chi connectivity index (χ0n) is 10.7. The van der Waals surface area contributed by atoms with Gasteiger partial charge in [-0.2, -0.15) is 0 Å². The standard InChI is InChI=1S/C15H16N2O2/c1-10(11-5-3-2-4-6-11)19-12-7-8-14(16)13(9-12)15(17)18/h2-10H,16H2,1H3,(H2,17,18). The Balaban J connectivity index is 2.20. The quantitative estimate of drug-likeness (QED) is 0.825. The van der Waals surface area contributed by atoms with E-state index in [-0.39, 0.29) is 11.7 Å². The number of hydrogen-bond acceptors (Lipinski definition) is 3. The van der Waals surface area contributed by atoms with E-state index in [0.717, 1.165) is 5.56 Å². The third-order valence-electron chi connectivity index (χ3n) is 2.87. The van der Waals surface area contributed by atoms with Crippen LogP contribution in [0.15, 0.2) is 48.5 Å². The first-order valence-corrected chi connectivity index (χ1v) is 5.99. The monoisotopic (exact) mass is 256 g/mol. The average molecular weight is 256 g/mol. The molecule has 0 saturated carbocycles. The van der Waals surface area contributed by atoms with E-state index in [0.29, 0.717) is 11.4 Å². The fourth-order valence-corrected chi connectivity index (χ4v) is 1.82. The van der Waals surface area contributed by atoms with Gasteiger partial charge in [0.25, 0.3) is 5.91 Å². The normalized spacial score (nSPS) is 11.8. The average Bonchev–Trinajstić information content (AvgIpc) is 2.41. The molecule has 0 aliphatic heterocycles. The maximum atomic E-state index is 11.2. The van der Waals surface area contributed by atoms with E-state index >= 15 is 0 Å². The van der Waals surface area contributed by atoms with Crippen molar-refractivity contribution in [2.75, 3.05) is 5.73 Å². The molecule has 0 spiro atoms. The minimum Gasteiger partial charge on any atom is -0.486 e. The maximum absolute atomic E-state index is 11.2. The Hall–Kier alpha value is -2.49. The van der Waals surface area contributed by atoms with Crippen LogP contribution in [0.2, 0.25) is 0 Å². The van der Waals surface area contributed by atoms with E-state index < -0.39 is 5.91 Å². The number of hydrogen-bond donors (Lipinski definition) is 2. The summed E-state index contributed by atoms with van der Waals surface area (Å²) < 4.78 is 5.78. The highest BCUT2D eigenvalue weighted by atomic mass is 16.5. The van der Waals surface area contributed by atoms with E-state index in [1.807, 2.05) is 37.3 Å². The second-order valence-corrected chi connectivity index (χ2v) is 4.28. The lowest BCUT2D eigenvalue weighted by Gasteiger charge is -2.16. The fraction of sp³-hybridized carbons (Fsp3) is 0.133. The summed E-state index contributed by atoms with van der Waals surface area (Å²) >= 11 is 0. The number of benzene rings is 2. The molecule has 0 radical (unpaired) electrons. The Morgan fingerprint density at radius 3 is 2.47 bits per heavy atom. The molecule has 0 heterocycles. The van der Waals surface area contributed by atoms with Crippen molar-refractivity contribution >= 4 is 11.6 Å². The number of carbonyl (C=O) groups excluding carboxylic acids is 1. The van der Waals surface area contributed by atoms with Crippen LogP contribution in [0, 0.1) is 0 Å². The summed E-state index contributed by atoms with van der Waals surface area (Å²) in [6.07, 6.45) is -0.120. The Labute approximate surface area is 112 Å². The van der Waals surface area contributed by atoms with Gasteiger partial charge in [0.1, 0.15) is 11.9 Å². The molecule has 4 N–H and O–H groups in total.